The Hall–Kier alpha value is -0.960. The van der Waals surface area contributed by atoms with Gasteiger partial charge in [0.2, 0.25) is 0 Å². The van der Waals surface area contributed by atoms with Gasteiger partial charge >= 0.3 is 0 Å². The van der Waals surface area contributed by atoms with Gasteiger partial charge in [0, 0.05) is 11.8 Å². The second-order valence-electron chi connectivity index (χ2n) is 2.45. The summed E-state index contributed by atoms with van der Waals surface area (Å²) < 4.78 is 2.68. The maximum Gasteiger partial charge on any atom is 0.261 e. The fourth-order valence-corrected chi connectivity index (χ4v) is 1.27. The van der Waals surface area contributed by atoms with Crippen LogP contribution in [0.5, 0.6) is 0 Å². The smallest absolute Gasteiger partial charge is 0.261 e. The van der Waals surface area contributed by atoms with Crippen molar-refractivity contribution in [2.75, 3.05) is 6.26 Å². The molecule has 0 bridgehead atoms. The zero-order valence-electron chi connectivity index (χ0n) is 7.13. The molecule has 64 valence electrons. The highest BCUT2D eigenvalue weighted by Crippen LogP contribution is 2.07. The van der Waals surface area contributed by atoms with Gasteiger partial charge in [0.15, 0.2) is 0 Å². The molecule has 0 aliphatic rings. The van der Waals surface area contributed by atoms with Gasteiger partial charge in [-0.15, -0.1) is 0 Å². The summed E-state index contributed by atoms with van der Waals surface area (Å²) in [6.45, 7) is 1.93. The van der Waals surface area contributed by atoms with E-state index in [0.717, 1.165) is 11.1 Å². The van der Waals surface area contributed by atoms with Crippen LogP contribution in [-0.2, 0) is 0 Å². The van der Waals surface area contributed by atoms with Gasteiger partial charge in [-0.3, -0.25) is 9.52 Å². The highest BCUT2D eigenvalue weighted by Gasteiger charge is 2.05. The lowest BCUT2D eigenvalue weighted by molar-refractivity contribution is 0.0984. The summed E-state index contributed by atoms with van der Waals surface area (Å²) >= 11 is 1.31. The predicted molar refractivity (Wildman–Crippen MR) is 52.2 cm³/mol. The highest BCUT2D eigenvalue weighted by atomic mass is 32.2. The average molecular weight is 181 g/mol. The quantitative estimate of drug-likeness (QED) is 0.707. The number of carbonyl (C=O) groups excluding carboxylic acids is 1. The first-order valence-corrected chi connectivity index (χ1v) is 4.87. The highest BCUT2D eigenvalue weighted by molar-refractivity contribution is 7.97. The number of nitrogens with one attached hydrogen (secondary N) is 1. The number of aryl methyl sites for hydroxylation is 1. The number of amides is 1. The molecule has 3 heteroatoms. The average Bonchev–Trinajstić information content (AvgIpc) is 2.05. The summed E-state index contributed by atoms with van der Waals surface area (Å²) in [5.74, 6) is -0.0272. The summed E-state index contributed by atoms with van der Waals surface area (Å²) in [6, 6.07) is 7.53. The largest absolute Gasteiger partial charge is 0.296 e. The van der Waals surface area contributed by atoms with Crippen molar-refractivity contribution in [1.82, 2.24) is 4.72 Å². The van der Waals surface area contributed by atoms with Crippen LogP contribution in [0.4, 0.5) is 0 Å². The Labute approximate surface area is 76.5 Å². The van der Waals surface area contributed by atoms with Crippen molar-refractivity contribution in [1.29, 1.82) is 0 Å². The Bertz CT molecular complexity index is 286. The molecule has 1 rings (SSSR count). The van der Waals surface area contributed by atoms with Crippen molar-refractivity contribution in [3.05, 3.63) is 35.4 Å². The lowest BCUT2D eigenvalue weighted by Gasteiger charge is -2.03. The predicted octanol–water partition coefficient (Wildman–Crippen LogP) is 2.00. The number of rotatable bonds is 2. The molecule has 0 spiro atoms. The topological polar surface area (TPSA) is 29.1 Å². The Balaban J connectivity index is 2.87. The van der Waals surface area contributed by atoms with Gasteiger partial charge in [-0.25, -0.2) is 0 Å². The van der Waals surface area contributed by atoms with Crippen molar-refractivity contribution in [2.24, 2.45) is 0 Å². The Kier molecular flexibility index (Phi) is 3.17. The van der Waals surface area contributed by atoms with Gasteiger partial charge in [0.1, 0.15) is 0 Å². The standard InChI is InChI=1S/C9H11NOS/c1-7-5-3-4-6-8(7)9(11)10-12-2/h3-6H,1-2H3,(H,10,11). The first-order valence-electron chi connectivity index (χ1n) is 3.64. The van der Waals surface area contributed by atoms with E-state index in [1.165, 1.54) is 11.9 Å². The molecule has 0 unspecified atom stereocenters. The normalized spacial score (nSPS) is 9.50. The van der Waals surface area contributed by atoms with Gasteiger partial charge in [-0.2, -0.15) is 0 Å². The molecule has 2 nitrogen and oxygen atoms in total. The molecule has 0 aliphatic heterocycles. The molecule has 1 aromatic rings. The van der Waals surface area contributed by atoms with Gasteiger partial charge in [0.25, 0.3) is 5.91 Å². The first-order chi connectivity index (χ1) is 5.75. The van der Waals surface area contributed by atoms with Gasteiger partial charge in [-0.05, 0) is 18.6 Å². The van der Waals surface area contributed by atoms with E-state index in [0.29, 0.717) is 0 Å². The summed E-state index contributed by atoms with van der Waals surface area (Å²) in [5, 5.41) is 0. The van der Waals surface area contributed by atoms with E-state index in [1.54, 1.807) is 0 Å². The zero-order chi connectivity index (χ0) is 8.97. The van der Waals surface area contributed by atoms with Crippen molar-refractivity contribution in [2.45, 2.75) is 6.92 Å². The first kappa shape index (κ1) is 9.13. The SMILES string of the molecule is CSNC(=O)c1ccccc1C. The summed E-state index contributed by atoms with van der Waals surface area (Å²) in [5.41, 5.74) is 1.75. The molecule has 0 radical (unpaired) electrons. The van der Waals surface area contributed by atoms with Crippen LogP contribution in [0.3, 0.4) is 0 Å². The minimum atomic E-state index is -0.0272. The van der Waals surface area contributed by atoms with E-state index in [4.69, 9.17) is 0 Å². The van der Waals surface area contributed by atoms with Crippen LogP contribution in [0.2, 0.25) is 0 Å². The van der Waals surface area contributed by atoms with Crippen LogP contribution >= 0.6 is 11.9 Å². The maximum absolute atomic E-state index is 11.3. The summed E-state index contributed by atoms with van der Waals surface area (Å²) in [4.78, 5) is 11.3. The zero-order valence-corrected chi connectivity index (χ0v) is 7.94. The number of hydrogen-bond acceptors (Lipinski definition) is 2. The monoisotopic (exact) mass is 181 g/mol. The lowest BCUT2D eigenvalue weighted by atomic mass is 10.1. The van der Waals surface area contributed by atoms with Crippen LogP contribution in [0.1, 0.15) is 15.9 Å². The van der Waals surface area contributed by atoms with Crippen molar-refractivity contribution >= 4 is 17.9 Å². The maximum atomic E-state index is 11.3. The number of carbonyl (C=O) groups is 1. The Morgan fingerprint density at radius 1 is 1.42 bits per heavy atom. The van der Waals surface area contributed by atoms with Crippen molar-refractivity contribution in [3.63, 3.8) is 0 Å². The number of benzene rings is 1. The van der Waals surface area contributed by atoms with E-state index in [-0.39, 0.29) is 5.91 Å². The van der Waals surface area contributed by atoms with E-state index >= 15 is 0 Å². The van der Waals surface area contributed by atoms with E-state index in [9.17, 15) is 4.79 Å². The third-order valence-electron chi connectivity index (χ3n) is 1.58. The molecular formula is C9H11NOS. The Morgan fingerprint density at radius 3 is 2.67 bits per heavy atom. The molecule has 0 aromatic heterocycles. The van der Waals surface area contributed by atoms with E-state index in [1.807, 2.05) is 37.4 Å². The molecular weight excluding hydrogens is 170 g/mol. The summed E-state index contributed by atoms with van der Waals surface area (Å²) in [7, 11) is 0. The second-order valence-corrected chi connectivity index (χ2v) is 3.06. The summed E-state index contributed by atoms with van der Waals surface area (Å²) in [6.07, 6.45) is 1.83. The van der Waals surface area contributed by atoms with Crippen molar-refractivity contribution < 1.29 is 4.79 Å². The molecule has 0 aliphatic carbocycles. The number of hydrogen-bond donors (Lipinski definition) is 1. The molecule has 0 fully saturated rings. The minimum absolute atomic E-state index is 0.0272. The van der Waals surface area contributed by atoms with Gasteiger partial charge < -0.3 is 0 Å². The van der Waals surface area contributed by atoms with Crippen LogP contribution < -0.4 is 4.72 Å². The molecule has 12 heavy (non-hydrogen) atoms. The van der Waals surface area contributed by atoms with E-state index < -0.39 is 0 Å². The molecule has 1 N–H and O–H groups in total. The van der Waals surface area contributed by atoms with Crippen LogP contribution in [0.25, 0.3) is 0 Å². The van der Waals surface area contributed by atoms with E-state index in [2.05, 4.69) is 4.72 Å². The van der Waals surface area contributed by atoms with Gasteiger partial charge in [0.05, 0.1) is 0 Å². The molecule has 0 heterocycles. The molecule has 0 atom stereocenters. The minimum Gasteiger partial charge on any atom is -0.296 e. The van der Waals surface area contributed by atoms with Crippen molar-refractivity contribution in [3.8, 4) is 0 Å². The third-order valence-corrected chi connectivity index (χ3v) is 1.97. The molecule has 1 amide bonds. The molecule has 1 aromatic carbocycles. The Morgan fingerprint density at radius 2 is 2.08 bits per heavy atom. The van der Waals surface area contributed by atoms with Gasteiger partial charge in [-0.1, -0.05) is 30.1 Å². The van der Waals surface area contributed by atoms with Crippen LogP contribution in [0, 0.1) is 6.92 Å². The van der Waals surface area contributed by atoms with Crippen LogP contribution in [-0.4, -0.2) is 12.2 Å². The molecule has 0 saturated carbocycles. The fourth-order valence-electron chi connectivity index (χ4n) is 0.975. The van der Waals surface area contributed by atoms with Crippen LogP contribution in [0.15, 0.2) is 24.3 Å². The fraction of sp³-hybridized carbons (Fsp3) is 0.222. The lowest BCUT2D eigenvalue weighted by Crippen LogP contribution is -2.16. The third kappa shape index (κ3) is 2.01. The second kappa shape index (κ2) is 4.16. The molecule has 0 saturated heterocycles.